The van der Waals surface area contributed by atoms with Crippen molar-refractivity contribution in [2.24, 2.45) is 0 Å². The van der Waals surface area contributed by atoms with Gasteiger partial charge in [0, 0.05) is 4.88 Å². The first-order chi connectivity index (χ1) is 8.13. The van der Waals surface area contributed by atoms with Gasteiger partial charge in [0.25, 0.3) is 0 Å². The highest BCUT2D eigenvalue weighted by molar-refractivity contribution is 9.10. The average molecular weight is 313 g/mol. The Morgan fingerprint density at radius 3 is 2.88 bits per heavy atom. The van der Waals surface area contributed by atoms with Crippen LogP contribution in [0.2, 0.25) is 0 Å². The fourth-order valence-electron chi connectivity index (χ4n) is 1.98. The average Bonchev–Trinajstić information content (AvgIpc) is 2.65. The smallest absolute Gasteiger partial charge is 0.238 e. The summed E-state index contributed by atoms with van der Waals surface area (Å²) in [5.41, 5.74) is 1.83. The van der Waals surface area contributed by atoms with Gasteiger partial charge in [-0.2, -0.15) is 5.26 Å². The van der Waals surface area contributed by atoms with Crippen molar-refractivity contribution in [2.75, 3.05) is 5.32 Å². The summed E-state index contributed by atoms with van der Waals surface area (Å²) in [5.74, 6) is -0.0971. The van der Waals surface area contributed by atoms with Gasteiger partial charge >= 0.3 is 0 Å². The number of anilines is 1. The van der Waals surface area contributed by atoms with Gasteiger partial charge in [-0.25, -0.2) is 0 Å². The molecule has 1 aromatic rings. The van der Waals surface area contributed by atoms with Gasteiger partial charge in [-0.3, -0.25) is 4.79 Å². The second-order valence-corrected chi connectivity index (χ2v) is 6.61. The maximum absolute atomic E-state index is 11.6. The summed E-state index contributed by atoms with van der Waals surface area (Å²) in [6.45, 7) is 1.77. The quantitative estimate of drug-likeness (QED) is 0.852. The van der Waals surface area contributed by atoms with E-state index < -0.39 is 0 Å². The lowest BCUT2D eigenvalue weighted by Gasteiger charge is -2.09. The van der Waals surface area contributed by atoms with E-state index in [-0.39, 0.29) is 10.7 Å². The minimum atomic E-state index is -0.242. The molecule has 5 heteroatoms. The molecule has 0 fully saturated rings. The highest BCUT2D eigenvalue weighted by Gasteiger charge is 2.22. The highest BCUT2D eigenvalue weighted by atomic mass is 79.9. The molecule has 1 heterocycles. The molecule has 3 nitrogen and oxygen atoms in total. The van der Waals surface area contributed by atoms with Crippen LogP contribution < -0.4 is 5.32 Å². The van der Waals surface area contributed by atoms with Crippen LogP contribution in [0.1, 0.15) is 35.8 Å². The van der Waals surface area contributed by atoms with Gasteiger partial charge in [0.2, 0.25) is 5.91 Å². The van der Waals surface area contributed by atoms with Gasteiger partial charge in [0.1, 0.15) is 11.1 Å². The Bertz CT molecular complexity index is 487. The van der Waals surface area contributed by atoms with Gasteiger partial charge in [-0.05, 0) is 38.2 Å². The van der Waals surface area contributed by atoms with Crippen molar-refractivity contribution in [1.82, 2.24) is 0 Å². The van der Waals surface area contributed by atoms with Crippen molar-refractivity contribution in [3.8, 4) is 6.07 Å². The van der Waals surface area contributed by atoms with E-state index in [1.165, 1.54) is 11.3 Å². The zero-order chi connectivity index (χ0) is 12.4. The van der Waals surface area contributed by atoms with Crippen LogP contribution in [-0.4, -0.2) is 10.7 Å². The number of carbonyl (C=O) groups is 1. The van der Waals surface area contributed by atoms with E-state index in [4.69, 9.17) is 0 Å². The van der Waals surface area contributed by atoms with Crippen LogP contribution in [0.15, 0.2) is 0 Å². The summed E-state index contributed by atoms with van der Waals surface area (Å²) >= 11 is 4.78. The Morgan fingerprint density at radius 1 is 1.53 bits per heavy atom. The predicted octanol–water partition coefficient (Wildman–Crippen LogP) is 3.22. The first-order valence-corrected chi connectivity index (χ1v) is 7.36. The molecule has 0 saturated carbocycles. The highest BCUT2D eigenvalue weighted by Crippen LogP contribution is 2.37. The van der Waals surface area contributed by atoms with Crippen LogP contribution in [0.4, 0.5) is 5.00 Å². The van der Waals surface area contributed by atoms with E-state index in [1.807, 2.05) is 0 Å². The van der Waals surface area contributed by atoms with E-state index >= 15 is 0 Å². The van der Waals surface area contributed by atoms with Crippen molar-refractivity contribution in [3.63, 3.8) is 0 Å². The van der Waals surface area contributed by atoms with Crippen molar-refractivity contribution in [2.45, 2.75) is 37.4 Å². The molecule has 1 atom stereocenters. The molecule has 1 amide bonds. The van der Waals surface area contributed by atoms with Crippen molar-refractivity contribution in [1.29, 1.82) is 5.26 Å². The zero-order valence-electron chi connectivity index (χ0n) is 9.55. The minimum Gasteiger partial charge on any atom is -0.316 e. The first-order valence-electron chi connectivity index (χ1n) is 5.63. The topological polar surface area (TPSA) is 52.9 Å². The van der Waals surface area contributed by atoms with E-state index in [0.29, 0.717) is 5.56 Å². The fraction of sp³-hybridized carbons (Fsp3) is 0.500. The van der Waals surface area contributed by atoms with Gasteiger partial charge in [-0.1, -0.05) is 15.9 Å². The van der Waals surface area contributed by atoms with Gasteiger partial charge in [-0.15, -0.1) is 11.3 Å². The number of nitriles is 1. The molecule has 1 aliphatic rings. The lowest BCUT2D eigenvalue weighted by Crippen LogP contribution is -2.19. The Hall–Kier alpha value is -0.860. The number of aryl methyl sites for hydroxylation is 1. The summed E-state index contributed by atoms with van der Waals surface area (Å²) in [7, 11) is 0. The second kappa shape index (κ2) is 5.19. The number of nitrogens with one attached hydrogen (secondary N) is 1. The summed E-state index contributed by atoms with van der Waals surface area (Å²) in [5, 5.41) is 12.8. The van der Waals surface area contributed by atoms with Crippen LogP contribution >= 0.6 is 27.3 Å². The minimum absolute atomic E-state index is 0.0971. The molecule has 1 aromatic heterocycles. The fourth-order valence-corrected chi connectivity index (χ4v) is 3.34. The van der Waals surface area contributed by atoms with Crippen molar-refractivity contribution < 1.29 is 4.79 Å². The van der Waals surface area contributed by atoms with Gasteiger partial charge in [0.05, 0.1) is 10.4 Å². The number of hydrogen-bond acceptors (Lipinski definition) is 3. The number of alkyl halides is 1. The second-order valence-electron chi connectivity index (χ2n) is 4.13. The zero-order valence-corrected chi connectivity index (χ0v) is 11.9. The Morgan fingerprint density at radius 2 is 2.24 bits per heavy atom. The largest absolute Gasteiger partial charge is 0.316 e. The molecule has 1 N–H and O–H groups in total. The molecular weight excluding hydrogens is 300 g/mol. The number of fused-ring (bicyclic) bond motifs is 1. The Labute approximate surface area is 113 Å². The number of carbonyl (C=O) groups excluding carboxylic acids is 1. The van der Waals surface area contributed by atoms with Gasteiger partial charge in [0.15, 0.2) is 0 Å². The van der Waals surface area contributed by atoms with E-state index in [0.717, 1.165) is 29.8 Å². The molecule has 0 aliphatic heterocycles. The molecular formula is C12H13BrN2OS. The van der Waals surface area contributed by atoms with Gasteiger partial charge < -0.3 is 5.32 Å². The number of amides is 1. The molecule has 17 heavy (non-hydrogen) atoms. The molecule has 90 valence electrons. The molecule has 0 aromatic carbocycles. The lowest BCUT2D eigenvalue weighted by molar-refractivity contribution is -0.115. The van der Waals surface area contributed by atoms with Crippen LogP contribution in [-0.2, 0) is 17.6 Å². The molecule has 0 bridgehead atoms. The van der Waals surface area contributed by atoms with E-state index in [9.17, 15) is 10.1 Å². The molecule has 0 radical (unpaired) electrons. The molecule has 1 unspecified atom stereocenters. The third-order valence-corrected chi connectivity index (χ3v) is 4.50. The molecule has 1 aliphatic carbocycles. The Kier molecular flexibility index (Phi) is 3.85. The summed E-state index contributed by atoms with van der Waals surface area (Å²) in [6.07, 6.45) is 4.32. The lowest BCUT2D eigenvalue weighted by atomic mass is 9.96. The molecule has 2 rings (SSSR count). The predicted molar refractivity (Wildman–Crippen MR) is 72.7 cm³/mol. The number of hydrogen-bond donors (Lipinski definition) is 1. The standard InChI is InChI=1S/C12H13BrN2OS/c1-7(13)11(16)15-12-9(6-14)8-4-2-3-5-10(8)17-12/h7H,2-5H2,1H3,(H,15,16). The third-order valence-electron chi connectivity index (χ3n) is 2.88. The maximum Gasteiger partial charge on any atom is 0.238 e. The first kappa shape index (κ1) is 12.6. The summed E-state index contributed by atoms with van der Waals surface area (Å²) in [4.78, 5) is 12.7. The van der Waals surface area contributed by atoms with Crippen LogP contribution in [0.5, 0.6) is 0 Å². The number of rotatable bonds is 2. The SMILES string of the molecule is CC(Br)C(=O)Nc1sc2c(c1C#N)CCCC2. The number of thiophene rings is 1. The summed E-state index contributed by atoms with van der Waals surface area (Å²) in [6, 6.07) is 2.23. The molecule has 0 saturated heterocycles. The summed E-state index contributed by atoms with van der Waals surface area (Å²) < 4.78 is 0. The number of nitrogens with zero attached hydrogens (tertiary/aromatic N) is 1. The van der Waals surface area contributed by atoms with Crippen molar-refractivity contribution >= 4 is 38.2 Å². The monoisotopic (exact) mass is 312 g/mol. The maximum atomic E-state index is 11.6. The van der Waals surface area contributed by atoms with Crippen LogP contribution in [0.3, 0.4) is 0 Å². The Balaban J connectivity index is 2.32. The van der Waals surface area contributed by atoms with Crippen molar-refractivity contribution in [3.05, 3.63) is 16.0 Å². The van der Waals surface area contributed by atoms with E-state index in [1.54, 1.807) is 18.3 Å². The normalized spacial score (nSPS) is 15.8. The van der Waals surface area contributed by atoms with E-state index in [2.05, 4.69) is 27.3 Å². The van der Waals surface area contributed by atoms with Crippen LogP contribution in [0, 0.1) is 11.3 Å². The number of halogens is 1. The third kappa shape index (κ3) is 2.53. The molecule has 0 spiro atoms. The van der Waals surface area contributed by atoms with Crippen LogP contribution in [0.25, 0.3) is 0 Å².